The number of benzene rings is 1. The molecule has 0 saturated heterocycles. The molecule has 1 N–H and O–H groups in total. The van der Waals surface area contributed by atoms with E-state index >= 15 is 0 Å². The lowest BCUT2D eigenvalue weighted by molar-refractivity contribution is 0.419. The van der Waals surface area contributed by atoms with Crippen LogP contribution in [0.15, 0.2) is 18.2 Å². The third-order valence-corrected chi connectivity index (χ3v) is 3.56. The van der Waals surface area contributed by atoms with E-state index in [0.717, 1.165) is 18.7 Å². The van der Waals surface area contributed by atoms with Crippen LogP contribution < -0.4 is 5.32 Å². The zero-order valence-corrected chi connectivity index (χ0v) is 12.4. The van der Waals surface area contributed by atoms with Crippen LogP contribution in [0.3, 0.4) is 0 Å². The summed E-state index contributed by atoms with van der Waals surface area (Å²) < 4.78 is 13.8. The second-order valence-corrected chi connectivity index (χ2v) is 5.92. The van der Waals surface area contributed by atoms with Gasteiger partial charge in [-0.3, -0.25) is 0 Å². The summed E-state index contributed by atoms with van der Waals surface area (Å²) in [4.78, 5) is 0. The molecule has 1 aromatic rings. The second-order valence-electron chi connectivity index (χ2n) is 5.48. The second kappa shape index (κ2) is 7.10. The molecule has 2 unspecified atom stereocenters. The van der Waals surface area contributed by atoms with Crippen LogP contribution in [-0.4, -0.2) is 13.1 Å². The van der Waals surface area contributed by atoms with Gasteiger partial charge in [0.15, 0.2) is 0 Å². The van der Waals surface area contributed by atoms with Crippen molar-refractivity contribution in [2.45, 2.75) is 33.6 Å². The van der Waals surface area contributed by atoms with E-state index in [1.54, 1.807) is 12.1 Å². The molecule has 0 amide bonds. The predicted octanol–water partition coefficient (Wildman–Crippen LogP) is 4.46. The lowest BCUT2D eigenvalue weighted by Gasteiger charge is -2.22. The Balaban J connectivity index is 2.59. The maximum Gasteiger partial charge on any atom is 0.128 e. The monoisotopic (exact) mass is 271 g/mol. The Labute approximate surface area is 115 Å². The SMILES string of the molecule is CC(C)CNCC(C)C(C)c1ccc(Cl)cc1F. The predicted molar refractivity (Wildman–Crippen MR) is 76.7 cm³/mol. The highest BCUT2D eigenvalue weighted by molar-refractivity contribution is 6.30. The average molecular weight is 272 g/mol. The third-order valence-electron chi connectivity index (χ3n) is 3.33. The zero-order chi connectivity index (χ0) is 13.7. The average Bonchev–Trinajstić information content (AvgIpc) is 2.27. The number of rotatable bonds is 6. The van der Waals surface area contributed by atoms with Crippen LogP contribution in [0, 0.1) is 17.7 Å². The molecule has 0 aromatic heterocycles. The molecule has 1 aromatic carbocycles. The lowest BCUT2D eigenvalue weighted by Crippen LogP contribution is -2.27. The number of nitrogens with one attached hydrogen (secondary N) is 1. The van der Waals surface area contributed by atoms with E-state index in [1.807, 2.05) is 0 Å². The smallest absolute Gasteiger partial charge is 0.128 e. The first kappa shape index (κ1) is 15.5. The fourth-order valence-corrected chi connectivity index (χ4v) is 2.11. The fraction of sp³-hybridized carbons (Fsp3) is 0.600. The normalized spacial score (nSPS) is 14.8. The van der Waals surface area contributed by atoms with E-state index in [0.29, 0.717) is 16.9 Å². The largest absolute Gasteiger partial charge is 0.316 e. The van der Waals surface area contributed by atoms with Crippen LogP contribution in [0.1, 0.15) is 39.2 Å². The summed E-state index contributed by atoms with van der Waals surface area (Å²) in [5, 5.41) is 3.87. The van der Waals surface area contributed by atoms with Crippen LogP contribution in [-0.2, 0) is 0 Å². The van der Waals surface area contributed by atoms with Crippen LogP contribution >= 0.6 is 11.6 Å². The summed E-state index contributed by atoms with van der Waals surface area (Å²) in [6, 6.07) is 4.94. The van der Waals surface area contributed by atoms with Gasteiger partial charge in [0.2, 0.25) is 0 Å². The molecule has 0 saturated carbocycles. The van der Waals surface area contributed by atoms with Crippen LogP contribution in [0.25, 0.3) is 0 Å². The lowest BCUT2D eigenvalue weighted by atomic mass is 9.88. The Morgan fingerprint density at radius 1 is 1.17 bits per heavy atom. The standard InChI is InChI=1S/C15H23ClFN/c1-10(2)8-18-9-11(3)12(4)14-6-5-13(16)7-15(14)17/h5-7,10-12,18H,8-9H2,1-4H3. The van der Waals surface area contributed by atoms with E-state index in [2.05, 4.69) is 33.0 Å². The molecule has 102 valence electrons. The van der Waals surface area contributed by atoms with E-state index in [1.165, 1.54) is 6.07 Å². The minimum atomic E-state index is -0.203. The molecule has 0 aliphatic rings. The summed E-state index contributed by atoms with van der Waals surface area (Å²) in [6.45, 7) is 10.5. The molecule has 0 heterocycles. The van der Waals surface area contributed by atoms with Crippen molar-refractivity contribution in [2.24, 2.45) is 11.8 Å². The molecule has 0 aliphatic carbocycles. The van der Waals surface area contributed by atoms with Crippen LogP contribution in [0.5, 0.6) is 0 Å². The summed E-state index contributed by atoms with van der Waals surface area (Å²) in [5.41, 5.74) is 0.748. The molecule has 0 aliphatic heterocycles. The Morgan fingerprint density at radius 2 is 1.83 bits per heavy atom. The van der Waals surface area contributed by atoms with Gasteiger partial charge in [0.05, 0.1) is 0 Å². The minimum absolute atomic E-state index is 0.182. The first-order valence-electron chi connectivity index (χ1n) is 6.57. The van der Waals surface area contributed by atoms with Gasteiger partial charge >= 0.3 is 0 Å². The van der Waals surface area contributed by atoms with Crippen molar-refractivity contribution in [1.29, 1.82) is 0 Å². The summed E-state index contributed by atoms with van der Waals surface area (Å²) in [5.74, 6) is 1.01. The highest BCUT2D eigenvalue weighted by atomic mass is 35.5. The molecule has 18 heavy (non-hydrogen) atoms. The van der Waals surface area contributed by atoms with Crippen molar-refractivity contribution >= 4 is 11.6 Å². The molecular formula is C15H23ClFN. The summed E-state index contributed by atoms with van der Waals surface area (Å²) >= 11 is 5.77. The van der Waals surface area contributed by atoms with Gasteiger partial charge in [0, 0.05) is 5.02 Å². The maximum atomic E-state index is 13.8. The minimum Gasteiger partial charge on any atom is -0.316 e. The molecule has 3 heteroatoms. The molecule has 0 fully saturated rings. The van der Waals surface area contributed by atoms with Gasteiger partial charge in [-0.05, 0) is 48.5 Å². The highest BCUT2D eigenvalue weighted by Crippen LogP contribution is 2.27. The van der Waals surface area contributed by atoms with Gasteiger partial charge < -0.3 is 5.32 Å². The van der Waals surface area contributed by atoms with Crippen molar-refractivity contribution in [3.63, 3.8) is 0 Å². The first-order valence-corrected chi connectivity index (χ1v) is 6.95. The van der Waals surface area contributed by atoms with Crippen molar-refractivity contribution in [3.8, 4) is 0 Å². The van der Waals surface area contributed by atoms with Gasteiger partial charge in [-0.2, -0.15) is 0 Å². The van der Waals surface area contributed by atoms with E-state index in [9.17, 15) is 4.39 Å². The molecule has 0 radical (unpaired) electrons. The summed E-state index contributed by atoms with van der Waals surface area (Å²) in [7, 11) is 0. The number of hydrogen-bond acceptors (Lipinski definition) is 1. The van der Waals surface area contributed by atoms with Gasteiger partial charge in [-0.15, -0.1) is 0 Å². The molecule has 2 atom stereocenters. The van der Waals surface area contributed by atoms with Crippen LogP contribution in [0.4, 0.5) is 4.39 Å². The van der Waals surface area contributed by atoms with Gasteiger partial charge in [-0.1, -0.05) is 45.4 Å². The molecule has 1 rings (SSSR count). The third kappa shape index (κ3) is 4.58. The van der Waals surface area contributed by atoms with Gasteiger partial charge in [0.1, 0.15) is 5.82 Å². The first-order chi connectivity index (χ1) is 8.41. The molecule has 1 nitrogen and oxygen atoms in total. The maximum absolute atomic E-state index is 13.8. The molecule has 0 spiro atoms. The topological polar surface area (TPSA) is 12.0 Å². The van der Waals surface area contributed by atoms with Crippen molar-refractivity contribution in [2.75, 3.05) is 13.1 Å². The van der Waals surface area contributed by atoms with Crippen molar-refractivity contribution < 1.29 is 4.39 Å². The van der Waals surface area contributed by atoms with E-state index in [4.69, 9.17) is 11.6 Å². The van der Waals surface area contributed by atoms with Crippen LogP contribution in [0.2, 0.25) is 5.02 Å². The number of hydrogen-bond donors (Lipinski definition) is 1. The molecular weight excluding hydrogens is 249 g/mol. The summed E-state index contributed by atoms with van der Waals surface area (Å²) in [6.07, 6.45) is 0. The van der Waals surface area contributed by atoms with Gasteiger partial charge in [-0.25, -0.2) is 4.39 Å². The van der Waals surface area contributed by atoms with E-state index < -0.39 is 0 Å². The Hall–Kier alpha value is -0.600. The quantitative estimate of drug-likeness (QED) is 0.805. The van der Waals surface area contributed by atoms with E-state index in [-0.39, 0.29) is 11.7 Å². The molecule has 0 bridgehead atoms. The Kier molecular flexibility index (Phi) is 6.10. The zero-order valence-electron chi connectivity index (χ0n) is 11.6. The Morgan fingerprint density at radius 3 is 2.39 bits per heavy atom. The number of halogens is 2. The van der Waals surface area contributed by atoms with Gasteiger partial charge in [0.25, 0.3) is 0 Å². The fourth-order valence-electron chi connectivity index (χ4n) is 1.95. The highest BCUT2D eigenvalue weighted by Gasteiger charge is 2.17. The van der Waals surface area contributed by atoms with Crippen molar-refractivity contribution in [3.05, 3.63) is 34.6 Å². The Bertz CT molecular complexity index is 379. The van der Waals surface area contributed by atoms with Crippen molar-refractivity contribution in [1.82, 2.24) is 5.32 Å².